The highest BCUT2D eigenvalue weighted by Crippen LogP contribution is 2.26. The quantitative estimate of drug-likeness (QED) is 0.884. The fourth-order valence-corrected chi connectivity index (χ4v) is 2.01. The molecule has 0 aromatic heterocycles. The van der Waals surface area contributed by atoms with E-state index < -0.39 is 6.43 Å². The Morgan fingerprint density at radius 2 is 2.06 bits per heavy atom. The van der Waals surface area contributed by atoms with E-state index in [4.69, 9.17) is 17.3 Å². The molecule has 96 valence electrons. The van der Waals surface area contributed by atoms with Gasteiger partial charge in [0.2, 0.25) is 0 Å². The summed E-state index contributed by atoms with van der Waals surface area (Å²) < 4.78 is 24.5. The molecule has 1 aromatic carbocycles. The Morgan fingerprint density at radius 3 is 2.53 bits per heavy atom. The van der Waals surface area contributed by atoms with Crippen LogP contribution >= 0.6 is 11.6 Å². The summed E-state index contributed by atoms with van der Waals surface area (Å²) in [7, 11) is 1.60. The van der Waals surface area contributed by atoms with Crippen LogP contribution in [0.5, 0.6) is 0 Å². The highest BCUT2D eigenvalue weighted by Gasteiger charge is 2.12. The maximum absolute atomic E-state index is 12.3. The number of hydrogen-bond donors (Lipinski definition) is 1. The topological polar surface area (TPSA) is 29.3 Å². The summed E-state index contributed by atoms with van der Waals surface area (Å²) in [6, 6.07) is 5.45. The first-order valence-electron chi connectivity index (χ1n) is 5.43. The molecular formula is C12H17ClF2N2. The van der Waals surface area contributed by atoms with Crippen molar-refractivity contribution in [3.63, 3.8) is 0 Å². The lowest BCUT2D eigenvalue weighted by molar-refractivity contribution is 0.156. The van der Waals surface area contributed by atoms with E-state index in [9.17, 15) is 8.78 Å². The molecule has 0 spiro atoms. The molecule has 0 saturated carbocycles. The molecule has 2 nitrogen and oxygen atoms in total. The fraction of sp³-hybridized carbons (Fsp3) is 0.500. The summed E-state index contributed by atoms with van der Waals surface area (Å²) in [6.45, 7) is 1.58. The van der Waals surface area contributed by atoms with Crippen LogP contribution in [0, 0.1) is 0 Å². The van der Waals surface area contributed by atoms with E-state index in [1.54, 1.807) is 19.2 Å². The first kappa shape index (κ1) is 14.2. The number of halogens is 3. The molecule has 0 heterocycles. The van der Waals surface area contributed by atoms with Crippen LogP contribution in [0.3, 0.4) is 0 Å². The number of anilines is 1. The van der Waals surface area contributed by atoms with Crippen molar-refractivity contribution in [3.8, 4) is 0 Å². The minimum atomic E-state index is -2.38. The summed E-state index contributed by atoms with van der Waals surface area (Å²) in [6.07, 6.45) is -1.65. The second kappa shape index (κ2) is 6.17. The van der Waals surface area contributed by atoms with Crippen LogP contribution < -0.4 is 10.6 Å². The molecule has 1 atom stereocenters. The molecule has 0 aliphatic heterocycles. The van der Waals surface area contributed by atoms with Crippen molar-refractivity contribution in [1.29, 1.82) is 0 Å². The molecule has 1 rings (SSSR count). The molecule has 1 aromatic rings. The molecule has 0 saturated heterocycles. The number of alkyl halides is 2. The summed E-state index contributed by atoms with van der Waals surface area (Å²) in [5.41, 5.74) is 7.31. The smallest absolute Gasteiger partial charge is 0.255 e. The van der Waals surface area contributed by atoms with Gasteiger partial charge in [0.1, 0.15) is 0 Å². The standard InChI is InChI=1S/C12H17ClF2N2/c1-8(16)5-9-3-4-11(10(13)6-9)17(2)7-12(14)15/h3-4,6,8,12H,5,7,16H2,1-2H3. The molecular weight excluding hydrogens is 246 g/mol. The zero-order valence-electron chi connectivity index (χ0n) is 9.96. The molecule has 0 aliphatic carbocycles. The summed E-state index contributed by atoms with van der Waals surface area (Å²) in [5, 5.41) is 0.478. The van der Waals surface area contributed by atoms with Gasteiger partial charge in [-0.1, -0.05) is 17.7 Å². The lowest BCUT2D eigenvalue weighted by Crippen LogP contribution is -2.24. The number of hydrogen-bond acceptors (Lipinski definition) is 2. The van der Waals surface area contributed by atoms with Crippen molar-refractivity contribution in [2.45, 2.75) is 25.8 Å². The number of benzene rings is 1. The molecule has 0 bridgehead atoms. The van der Waals surface area contributed by atoms with Gasteiger partial charge >= 0.3 is 0 Å². The van der Waals surface area contributed by atoms with Crippen molar-refractivity contribution in [1.82, 2.24) is 0 Å². The van der Waals surface area contributed by atoms with Gasteiger partial charge in [-0.25, -0.2) is 8.78 Å². The third-order valence-corrected chi connectivity index (χ3v) is 2.70. The summed E-state index contributed by atoms with van der Waals surface area (Å²) in [5.74, 6) is 0. The Balaban J connectivity index is 2.82. The van der Waals surface area contributed by atoms with Gasteiger partial charge in [-0.3, -0.25) is 0 Å². The lowest BCUT2D eigenvalue weighted by atomic mass is 10.1. The van der Waals surface area contributed by atoms with Gasteiger partial charge in [-0.05, 0) is 31.0 Å². The largest absolute Gasteiger partial charge is 0.368 e. The first-order valence-corrected chi connectivity index (χ1v) is 5.81. The summed E-state index contributed by atoms with van der Waals surface area (Å²) in [4.78, 5) is 1.45. The van der Waals surface area contributed by atoms with Gasteiger partial charge in [0.25, 0.3) is 6.43 Å². The van der Waals surface area contributed by atoms with E-state index in [2.05, 4.69) is 0 Å². The molecule has 0 fully saturated rings. The average Bonchev–Trinajstić information content (AvgIpc) is 2.14. The van der Waals surface area contributed by atoms with Crippen LogP contribution in [-0.4, -0.2) is 26.1 Å². The van der Waals surface area contributed by atoms with E-state index in [0.29, 0.717) is 10.7 Å². The number of rotatable bonds is 5. The molecule has 0 radical (unpaired) electrons. The highest BCUT2D eigenvalue weighted by molar-refractivity contribution is 6.33. The summed E-state index contributed by atoms with van der Waals surface area (Å²) >= 11 is 6.06. The highest BCUT2D eigenvalue weighted by atomic mass is 35.5. The Kier molecular flexibility index (Phi) is 5.15. The van der Waals surface area contributed by atoms with Gasteiger partial charge in [-0.15, -0.1) is 0 Å². The predicted molar refractivity (Wildman–Crippen MR) is 68.1 cm³/mol. The monoisotopic (exact) mass is 262 g/mol. The van der Waals surface area contributed by atoms with E-state index in [1.807, 2.05) is 13.0 Å². The minimum Gasteiger partial charge on any atom is -0.368 e. The average molecular weight is 263 g/mol. The molecule has 1 unspecified atom stereocenters. The van der Waals surface area contributed by atoms with Crippen molar-refractivity contribution in [3.05, 3.63) is 28.8 Å². The molecule has 5 heteroatoms. The Labute approximate surface area is 105 Å². The van der Waals surface area contributed by atoms with Crippen LogP contribution in [0.4, 0.5) is 14.5 Å². The van der Waals surface area contributed by atoms with Gasteiger partial charge in [-0.2, -0.15) is 0 Å². The van der Waals surface area contributed by atoms with Crippen molar-refractivity contribution >= 4 is 17.3 Å². The van der Waals surface area contributed by atoms with Crippen molar-refractivity contribution in [2.24, 2.45) is 5.73 Å². The molecule has 17 heavy (non-hydrogen) atoms. The third kappa shape index (κ3) is 4.48. The second-order valence-corrected chi connectivity index (χ2v) is 4.65. The molecule has 0 aliphatic rings. The van der Waals surface area contributed by atoms with Crippen LogP contribution in [0.25, 0.3) is 0 Å². The van der Waals surface area contributed by atoms with E-state index in [-0.39, 0.29) is 12.6 Å². The predicted octanol–water partition coefficient (Wildman–Crippen LogP) is 2.93. The van der Waals surface area contributed by atoms with Gasteiger partial charge in [0.05, 0.1) is 17.3 Å². The Hall–Kier alpha value is -0.870. The van der Waals surface area contributed by atoms with E-state index in [1.165, 1.54) is 4.90 Å². The van der Waals surface area contributed by atoms with Crippen LogP contribution in [0.2, 0.25) is 5.02 Å². The maximum Gasteiger partial charge on any atom is 0.255 e. The molecule has 0 amide bonds. The third-order valence-electron chi connectivity index (χ3n) is 2.39. The van der Waals surface area contributed by atoms with Crippen molar-refractivity contribution < 1.29 is 8.78 Å². The zero-order chi connectivity index (χ0) is 13.0. The zero-order valence-corrected chi connectivity index (χ0v) is 10.7. The normalized spacial score (nSPS) is 12.9. The lowest BCUT2D eigenvalue weighted by Gasteiger charge is -2.20. The van der Waals surface area contributed by atoms with E-state index >= 15 is 0 Å². The van der Waals surface area contributed by atoms with Crippen LogP contribution in [0.1, 0.15) is 12.5 Å². The van der Waals surface area contributed by atoms with Crippen molar-refractivity contribution in [2.75, 3.05) is 18.5 Å². The fourth-order valence-electron chi connectivity index (χ4n) is 1.66. The van der Waals surface area contributed by atoms with Gasteiger partial charge in [0.15, 0.2) is 0 Å². The van der Waals surface area contributed by atoms with Gasteiger partial charge < -0.3 is 10.6 Å². The van der Waals surface area contributed by atoms with Gasteiger partial charge in [0, 0.05) is 13.1 Å². The second-order valence-electron chi connectivity index (χ2n) is 4.24. The number of nitrogens with zero attached hydrogens (tertiary/aromatic N) is 1. The maximum atomic E-state index is 12.3. The SMILES string of the molecule is CC(N)Cc1ccc(N(C)CC(F)F)c(Cl)c1. The van der Waals surface area contributed by atoms with Crippen LogP contribution in [-0.2, 0) is 6.42 Å². The minimum absolute atomic E-state index is 0.0516. The Bertz CT molecular complexity index is 370. The van der Waals surface area contributed by atoms with Crippen LogP contribution in [0.15, 0.2) is 18.2 Å². The number of nitrogens with two attached hydrogens (primary N) is 1. The first-order chi connectivity index (χ1) is 7.90. The Morgan fingerprint density at radius 1 is 1.41 bits per heavy atom. The molecule has 2 N–H and O–H groups in total. The van der Waals surface area contributed by atoms with E-state index in [0.717, 1.165) is 12.0 Å².